The summed E-state index contributed by atoms with van der Waals surface area (Å²) in [7, 11) is 0. The first-order valence-corrected chi connectivity index (χ1v) is 7.06. The molecular weight excluding hydrogens is 286 g/mol. The van der Waals surface area contributed by atoms with Gasteiger partial charge in [-0.1, -0.05) is 29.8 Å². The molecule has 5 heteroatoms. The number of benzene rings is 1. The third kappa shape index (κ3) is 3.23. The summed E-state index contributed by atoms with van der Waals surface area (Å²) < 4.78 is 0. The van der Waals surface area contributed by atoms with E-state index in [1.165, 1.54) is 0 Å². The number of aromatic amines is 1. The van der Waals surface area contributed by atoms with Crippen LogP contribution in [0.15, 0.2) is 48.8 Å². The Bertz CT molecular complexity index is 782. The number of hydrogen-bond donors (Lipinski definition) is 2. The van der Waals surface area contributed by atoms with E-state index >= 15 is 0 Å². The standard InChI is InChI=1S/C16H14ClN3O/c17-12-7-8-18-15(9-12)20-16(21)6-5-11-10-19-14-4-2-1-3-13(11)14/h1-4,7-10,19H,5-6H2,(H,18,20,21). The second-order valence-corrected chi connectivity index (χ2v) is 5.20. The lowest BCUT2D eigenvalue weighted by Gasteiger charge is -2.04. The second kappa shape index (κ2) is 5.97. The first-order valence-electron chi connectivity index (χ1n) is 6.69. The normalized spacial score (nSPS) is 10.7. The van der Waals surface area contributed by atoms with E-state index in [0.29, 0.717) is 23.7 Å². The molecule has 0 aliphatic rings. The summed E-state index contributed by atoms with van der Waals surface area (Å²) in [5.74, 6) is 0.404. The van der Waals surface area contributed by atoms with Crippen molar-refractivity contribution in [3.63, 3.8) is 0 Å². The van der Waals surface area contributed by atoms with Crippen LogP contribution < -0.4 is 5.32 Å². The molecule has 0 fully saturated rings. The van der Waals surface area contributed by atoms with Gasteiger partial charge in [-0.3, -0.25) is 4.79 Å². The first kappa shape index (κ1) is 13.6. The number of nitrogens with one attached hydrogen (secondary N) is 2. The Morgan fingerprint density at radius 1 is 1.29 bits per heavy atom. The summed E-state index contributed by atoms with van der Waals surface area (Å²) in [5, 5.41) is 4.46. The molecule has 0 spiro atoms. The summed E-state index contributed by atoms with van der Waals surface area (Å²) in [6, 6.07) is 11.4. The van der Waals surface area contributed by atoms with E-state index in [1.807, 2.05) is 24.4 Å². The van der Waals surface area contributed by atoms with Gasteiger partial charge in [0.15, 0.2) is 0 Å². The third-order valence-corrected chi connectivity index (χ3v) is 3.52. The number of amides is 1. The molecule has 0 unspecified atom stereocenters. The molecule has 21 heavy (non-hydrogen) atoms. The fourth-order valence-electron chi connectivity index (χ4n) is 2.27. The average molecular weight is 300 g/mol. The van der Waals surface area contributed by atoms with Crippen molar-refractivity contribution >= 4 is 34.2 Å². The highest BCUT2D eigenvalue weighted by Crippen LogP contribution is 2.19. The number of carbonyl (C=O) groups excluding carboxylic acids is 1. The third-order valence-electron chi connectivity index (χ3n) is 3.29. The van der Waals surface area contributed by atoms with Gasteiger partial charge < -0.3 is 10.3 Å². The lowest BCUT2D eigenvalue weighted by Crippen LogP contribution is -2.13. The summed E-state index contributed by atoms with van der Waals surface area (Å²) in [6.07, 6.45) is 4.60. The van der Waals surface area contributed by atoms with Gasteiger partial charge in [0.05, 0.1) is 0 Å². The van der Waals surface area contributed by atoms with Crippen LogP contribution in [-0.4, -0.2) is 15.9 Å². The molecule has 0 bridgehead atoms. The van der Waals surface area contributed by atoms with Crippen LogP contribution in [0.1, 0.15) is 12.0 Å². The van der Waals surface area contributed by atoms with E-state index < -0.39 is 0 Å². The fourth-order valence-corrected chi connectivity index (χ4v) is 2.42. The largest absolute Gasteiger partial charge is 0.361 e. The van der Waals surface area contributed by atoms with Crippen LogP contribution in [0.2, 0.25) is 5.02 Å². The van der Waals surface area contributed by atoms with Gasteiger partial charge in [0.25, 0.3) is 0 Å². The summed E-state index contributed by atoms with van der Waals surface area (Å²) in [5.41, 5.74) is 2.23. The number of anilines is 1. The molecule has 0 aliphatic carbocycles. The zero-order valence-corrected chi connectivity index (χ0v) is 12.0. The van der Waals surface area contributed by atoms with Crippen LogP contribution in [0.5, 0.6) is 0 Å². The Balaban J connectivity index is 1.63. The van der Waals surface area contributed by atoms with Gasteiger partial charge in [-0.05, 0) is 30.2 Å². The number of hydrogen-bond acceptors (Lipinski definition) is 2. The summed E-state index contributed by atoms with van der Waals surface area (Å²) in [4.78, 5) is 19.2. The Morgan fingerprint density at radius 3 is 3.00 bits per heavy atom. The lowest BCUT2D eigenvalue weighted by molar-refractivity contribution is -0.116. The number of H-pyrrole nitrogens is 1. The molecule has 0 atom stereocenters. The molecular formula is C16H14ClN3O. The monoisotopic (exact) mass is 299 g/mol. The highest BCUT2D eigenvalue weighted by atomic mass is 35.5. The van der Waals surface area contributed by atoms with Crippen molar-refractivity contribution in [2.24, 2.45) is 0 Å². The van der Waals surface area contributed by atoms with Gasteiger partial charge in [-0.25, -0.2) is 4.98 Å². The summed E-state index contributed by atoms with van der Waals surface area (Å²) >= 11 is 5.86. The van der Waals surface area contributed by atoms with Gasteiger partial charge in [0, 0.05) is 34.7 Å². The molecule has 0 aliphatic heterocycles. The van der Waals surface area contributed by atoms with E-state index in [0.717, 1.165) is 16.5 Å². The minimum Gasteiger partial charge on any atom is -0.361 e. The topological polar surface area (TPSA) is 57.8 Å². The zero-order chi connectivity index (χ0) is 14.7. The van der Waals surface area contributed by atoms with Crippen molar-refractivity contribution in [1.82, 2.24) is 9.97 Å². The predicted octanol–water partition coefficient (Wildman–Crippen LogP) is 3.79. The van der Waals surface area contributed by atoms with E-state index in [1.54, 1.807) is 18.3 Å². The van der Waals surface area contributed by atoms with Crippen LogP contribution in [-0.2, 0) is 11.2 Å². The van der Waals surface area contributed by atoms with Crippen molar-refractivity contribution in [3.05, 3.63) is 59.4 Å². The molecule has 2 aromatic heterocycles. The average Bonchev–Trinajstić information content (AvgIpc) is 2.88. The number of nitrogens with zero attached hydrogens (tertiary/aromatic N) is 1. The van der Waals surface area contributed by atoms with E-state index in [9.17, 15) is 4.79 Å². The molecule has 2 N–H and O–H groups in total. The van der Waals surface area contributed by atoms with Crippen LogP contribution in [0.3, 0.4) is 0 Å². The highest BCUT2D eigenvalue weighted by molar-refractivity contribution is 6.30. The minimum absolute atomic E-state index is 0.0740. The molecule has 3 rings (SSSR count). The van der Waals surface area contributed by atoms with Crippen molar-refractivity contribution < 1.29 is 4.79 Å². The maximum Gasteiger partial charge on any atom is 0.225 e. The highest BCUT2D eigenvalue weighted by Gasteiger charge is 2.07. The van der Waals surface area contributed by atoms with E-state index in [4.69, 9.17) is 11.6 Å². The van der Waals surface area contributed by atoms with Gasteiger partial charge in [0.1, 0.15) is 5.82 Å². The maximum absolute atomic E-state index is 12.0. The van der Waals surface area contributed by atoms with Crippen molar-refractivity contribution in [1.29, 1.82) is 0 Å². The van der Waals surface area contributed by atoms with Crippen LogP contribution >= 0.6 is 11.6 Å². The van der Waals surface area contributed by atoms with Gasteiger partial charge in [0.2, 0.25) is 5.91 Å². The molecule has 0 radical (unpaired) electrons. The number of fused-ring (bicyclic) bond motifs is 1. The first-order chi connectivity index (χ1) is 10.2. The van der Waals surface area contributed by atoms with Crippen LogP contribution in [0.25, 0.3) is 10.9 Å². The number of pyridine rings is 1. The van der Waals surface area contributed by atoms with E-state index in [-0.39, 0.29) is 5.91 Å². The van der Waals surface area contributed by atoms with Crippen LogP contribution in [0, 0.1) is 0 Å². The Labute approximate surface area is 127 Å². The Morgan fingerprint density at radius 2 is 2.14 bits per heavy atom. The predicted molar refractivity (Wildman–Crippen MR) is 84.5 cm³/mol. The molecule has 3 aromatic rings. The number of halogens is 1. The number of aryl methyl sites for hydroxylation is 1. The van der Waals surface area contributed by atoms with Gasteiger partial charge in [-0.2, -0.15) is 0 Å². The fraction of sp³-hybridized carbons (Fsp3) is 0.125. The molecule has 2 heterocycles. The molecule has 4 nitrogen and oxygen atoms in total. The van der Waals surface area contributed by atoms with Crippen molar-refractivity contribution in [2.45, 2.75) is 12.8 Å². The smallest absolute Gasteiger partial charge is 0.225 e. The quantitative estimate of drug-likeness (QED) is 0.770. The van der Waals surface area contributed by atoms with Crippen molar-refractivity contribution in [2.75, 3.05) is 5.32 Å². The molecule has 0 saturated heterocycles. The van der Waals surface area contributed by atoms with Gasteiger partial charge in [-0.15, -0.1) is 0 Å². The Hall–Kier alpha value is -2.33. The number of para-hydroxylation sites is 1. The SMILES string of the molecule is O=C(CCc1c[nH]c2ccccc12)Nc1cc(Cl)ccn1. The maximum atomic E-state index is 12.0. The zero-order valence-electron chi connectivity index (χ0n) is 11.3. The number of carbonyl (C=O) groups is 1. The Kier molecular flexibility index (Phi) is 3.88. The van der Waals surface area contributed by atoms with Gasteiger partial charge >= 0.3 is 0 Å². The molecule has 1 amide bonds. The second-order valence-electron chi connectivity index (χ2n) is 4.77. The minimum atomic E-state index is -0.0740. The number of rotatable bonds is 4. The molecule has 0 saturated carbocycles. The number of aromatic nitrogens is 2. The molecule has 106 valence electrons. The van der Waals surface area contributed by atoms with Crippen LogP contribution in [0.4, 0.5) is 5.82 Å². The lowest BCUT2D eigenvalue weighted by atomic mass is 10.1. The van der Waals surface area contributed by atoms with E-state index in [2.05, 4.69) is 21.4 Å². The molecule has 1 aromatic carbocycles. The van der Waals surface area contributed by atoms with Crippen molar-refractivity contribution in [3.8, 4) is 0 Å². The summed E-state index contributed by atoms with van der Waals surface area (Å²) in [6.45, 7) is 0.